The van der Waals surface area contributed by atoms with Gasteiger partial charge in [0.1, 0.15) is 23.9 Å². The molecule has 11 heteroatoms. The third-order valence-electron chi connectivity index (χ3n) is 6.07. The summed E-state index contributed by atoms with van der Waals surface area (Å²) in [6.07, 6.45) is 4.78. The number of pyridine rings is 1. The first-order valence-corrected chi connectivity index (χ1v) is 12.2. The van der Waals surface area contributed by atoms with Crippen molar-refractivity contribution in [2.75, 3.05) is 10.6 Å². The molecule has 2 aromatic heterocycles. The number of nitrogens with zero attached hydrogens (tertiary/aromatic N) is 4. The molecule has 0 aliphatic carbocycles. The van der Waals surface area contributed by atoms with Crippen LogP contribution in [-0.2, 0) is 6.61 Å². The Morgan fingerprint density at radius 3 is 2.58 bits per heavy atom. The molecule has 0 radical (unpaired) electrons. The number of anilines is 3. The van der Waals surface area contributed by atoms with E-state index in [9.17, 15) is 14.9 Å². The number of rotatable bonds is 3. The molecular formula is C29H20N6O5. The van der Waals surface area contributed by atoms with Crippen molar-refractivity contribution in [1.29, 1.82) is 0 Å². The van der Waals surface area contributed by atoms with E-state index < -0.39 is 10.8 Å². The molecule has 3 aromatic carbocycles. The molecule has 5 heterocycles. The van der Waals surface area contributed by atoms with Crippen LogP contribution in [0.5, 0.6) is 17.2 Å². The highest BCUT2D eigenvalue weighted by molar-refractivity contribution is 6.05. The summed E-state index contributed by atoms with van der Waals surface area (Å²) in [5.74, 6) is 1.45. The average molecular weight is 533 g/mol. The number of carbonyl (C=O) groups excluding carboxylic acids is 1. The van der Waals surface area contributed by atoms with Crippen LogP contribution in [-0.4, -0.2) is 25.8 Å². The van der Waals surface area contributed by atoms with E-state index in [2.05, 4.69) is 25.6 Å². The standard InChI is InChI=1S/C29H20N6O5/c36-28-18-3-9-24(26(15-18)35(37)38)25-11-13-31-29(34-25)33-21-6-10-27(40-23-2-1-12-30-16-23)19(14-21)17-39-22-7-4-20(32-28)5-8-22/h1-16H,17H2,(H,32,36)(H,31,33,34). The molecule has 3 aliphatic rings. The third kappa shape index (κ3) is 5.24. The molecule has 11 nitrogen and oxygen atoms in total. The van der Waals surface area contributed by atoms with Crippen molar-refractivity contribution in [1.82, 2.24) is 15.0 Å². The Labute approximate surface area is 227 Å². The molecule has 40 heavy (non-hydrogen) atoms. The number of fused-ring (bicyclic) bond motifs is 2. The Morgan fingerprint density at radius 2 is 1.77 bits per heavy atom. The SMILES string of the molecule is O=C1Nc2ccc(cc2)OCc2cc(ccc2Oc2cccnc2)Nc2nccc(n2)-c2ccc1cc2[N+](=O)[O-]. The summed E-state index contributed by atoms with van der Waals surface area (Å²) in [5.41, 5.74) is 2.35. The van der Waals surface area contributed by atoms with E-state index >= 15 is 0 Å². The fourth-order valence-electron chi connectivity index (χ4n) is 4.14. The Hall–Kier alpha value is -5.84. The summed E-state index contributed by atoms with van der Waals surface area (Å²) in [4.78, 5) is 37.1. The second-order valence-electron chi connectivity index (χ2n) is 8.76. The Kier molecular flexibility index (Phi) is 6.43. The largest absolute Gasteiger partial charge is 0.489 e. The lowest BCUT2D eigenvalue weighted by atomic mass is 10.1. The summed E-state index contributed by atoms with van der Waals surface area (Å²) < 4.78 is 12.1. The van der Waals surface area contributed by atoms with Gasteiger partial charge in [-0.15, -0.1) is 0 Å². The first-order chi connectivity index (χ1) is 19.5. The van der Waals surface area contributed by atoms with Crippen LogP contribution in [0, 0.1) is 10.1 Å². The highest BCUT2D eigenvalue weighted by Gasteiger charge is 2.21. The zero-order valence-electron chi connectivity index (χ0n) is 20.8. The van der Waals surface area contributed by atoms with Gasteiger partial charge in [-0.05, 0) is 72.8 Å². The number of benzene rings is 3. The molecule has 0 atom stereocenters. The molecule has 3 aliphatic heterocycles. The number of carbonyl (C=O) groups is 1. The van der Waals surface area contributed by atoms with Crippen LogP contribution >= 0.6 is 0 Å². The van der Waals surface area contributed by atoms with E-state index in [1.54, 1.807) is 67.0 Å². The van der Waals surface area contributed by atoms with Crippen molar-refractivity contribution >= 4 is 28.9 Å². The molecule has 196 valence electrons. The van der Waals surface area contributed by atoms with Crippen LogP contribution < -0.4 is 20.1 Å². The zero-order chi connectivity index (χ0) is 27.5. The topological polar surface area (TPSA) is 141 Å². The minimum atomic E-state index is -0.538. The summed E-state index contributed by atoms with van der Waals surface area (Å²) in [6, 6.07) is 21.7. The van der Waals surface area contributed by atoms with Crippen LogP contribution in [0.25, 0.3) is 11.3 Å². The lowest BCUT2D eigenvalue weighted by Gasteiger charge is -2.15. The van der Waals surface area contributed by atoms with Gasteiger partial charge < -0.3 is 20.1 Å². The van der Waals surface area contributed by atoms with Gasteiger partial charge in [0.05, 0.1) is 22.4 Å². The van der Waals surface area contributed by atoms with Crippen molar-refractivity contribution < 1.29 is 19.2 Å². The fraction of sp³-hybridized carbons (Fsp3) is 0.0345. The number of ether oxygens (including phenoxy) is 2. The summed E-state index contributed by atoms with van der Waals surface area (Å²) in [5, 5.41) is 17.8. The van der Waals surface area contributed by atoms with Gasteiger partial charge in [0.2, 0.25) is 5.95 Å². The van der Waals surface area contributed by atoms with Crippen molar-refractivity contribution in [2.45, 2.75) is 6.61 Å². The molecule has 8 bridgehead atoms. The lowest BCUT2D eigenvalue weighted by Crippen LogP contribution is -2.12. The molecule has 0 saturated carbocycles. The van der Waals surface area contributed by atoms with Crippen LogP contribution in [0.15, 0.2) is 97.5 Å². The van der Waals surface area contributed by atoms with Gasteiger partial charge in [-0.2, -0.15) is 0 Å². The number of hydrogen-bond acceptors (Lipinski definition) is 9. The number of aromatic nitrogens is 3. The van der Waals surface area contributed by atoms with Gasteiger partial charge in [-0.25, -0.2) is 9.97 Å². The second-order valence-corrected chi connectivity index (χ2v) is 8.76. The smallest absolute Gasteiger partial charge is 0.279 e. The van der Waals surface area contributed by atoms with E-state index in [4.69, 9.17) is 9.47 Å². The maximum atomic E-state index is 12.9. The Morgan fingerprint density at radius 1 is 0.925 bits per heavy atom. The van der Waals surface area contributed by atoms with Crippen molar-refractivity contribution in [2.24, 2.45) is 0 Å². The normalized spacial score (nSPS) is 12.2. The van der Waals surface area contributed by atoms with Crippen molar-refractivity contribution in [3.8, 4) is 28.5 Å². The van der Waals surface area contributed by atoms with Crippen molar-refractivity contribution in [3.05, 3.63) is 119 Å². The van der Waals surface area contributed by atoms with Crippen LogP contribution in [0.2, 0.25) is 0 Å². The highest BCUT2D eigenvalue weighted by atomic mass is 16.6. The Bertz CT molecular complexity index is 1730. The number of nitrogens with one attached hydrogen (secondary N) is 2. The minimum Gasteiger partial charge on any atom is -0.489 e. The van der Waals surface area contributed by atoms with Gasteiger partial charge in [-0.3, -0.25) is 19.9 Å². The van der Waals surface area contributed by atoms with Crippen LogP contribution in [0.4, 0.5) is 23.0 Å². The van der Waals surface area contributed by atoms with Crippen molar-refractivity contribution in [3.63, 3.8) is 0 Å². The molecular weight excluding hydrogens is 512 g/mol. The third-order valence-corrected chi connectivity index (χ3v) is 6.07. The number of hydrogen-bond donors (Lipinski definition) is 2. The van der Waals surface area contributed by atoms with Gasteiger partial charge in [0.15, 0.2) is 0 Å². The molecule has 2 N–H and O–H groups in total. The summed E-state index contributed by atoms with van der Waals surface area (Å²) in [6.45, 7) is 0.174. The maximum absolute atomic E-state index is 12.9. The van der Waals surface area contributed by atoms with E-state index in [1.165, 1.54) is 24.4 Å². The van der Waals surface area contributed by atoms with Gasteiger partial charge in [0.25, 0.3) is 11.6 Å². The maximum Gasteiger partial charge on any atom is 0.279 e. The van der Waals surface area contributed by atoms with Gasteiger partial charge in [-0.1, -0.05) is 0 Å². The minimum absolute atomic E-state index is 0.137. The Balaban J connectivity index is 1.44. The number of nitro benzene ring substituents is 1. The number of nitro groups is 1. The monoisotopic (exact) mass is 532 g/mol. The first kappa shape index (κ1) is 24.5. The molecule has 0 spiro atoms. The van der Waals surface area contributed by atoms with E-state index in [-0.39, 0.29) is 29.4 Å². The quantitative estimate of drug-likeness (QED) is 0.207. The highest BCUT2D eigenvalue weighted by Crippen LogP contribution is 2.33. The summed E-state index contributed by atoms with van der Waals surface area (Å²) in [7, 11) is 0. The lowest BCUT2D eigenvalue weighted by molar-refractivity contribution is -0.384. The van der Waals surface area contributed by atoms with E-state index in [0.29, 0.717) is 34.3 Å². The predicted molar refractivity (Wildman–Crippen MR) is 147 cm³/mol. The average Bonchev–Trinajstić information content (AvgIpc) is 2.98. The van der Waals surface area contributed by atoms with Crippen LogP contribution in [0.1, 0.15) is 15.9 Å². The predicted octanol–water partition coefficient (Wildman–Crippen LogP) is 6.13. The molecule has 0 saturated heterocycles. The van der Waals surface area contributed by atoms with Gasteiger partial charge in [0, 0.05) is 41.0 Å². The molecule has 0 unspecified atom stereocenters. The fourth-order valence-corrected chi connectivity index (χ4v) is 4.14. The molecule has 5 aromatic rings. The molecule has 8 rings (SSSR count). The zero-order valence-corrected chi connectivity index (χ0v) is 20.8. The molecule has 0 fully saturated rings. The first-order valence-electron chi connectivity index (χ1n) is 12.2. The van der Waals surface area contributed by atoms with Gasteiger partial charge >= 0.3 is 0 Å². The number of amides is 1. The molecule has 1 amide bonds. The van der Waals surface area contributed by atoms with E-state index in [1.807, 2.05) is 6.07 Å². The summed E-state index contributed by atoms with van der Waals surface area (Å²) >= 11 is 0. The van der Waals surface area contributed by atoms with Crippen LogP contribution in [0.3, 0.4) is 0 Å². The second kappa shape index (κ2) is 10.5. The van der Waals surface area contributed by atoms with E-state index in [0.717, 1.165) is 5.56 Å².